The lowest BCUT2D eigenvalue weighted by atomic mass is 10.0. The zero-order valence-electron chi connectivity index (χ0n) is 8.55. The number of methoxy groups -OCH3 is 1. The van der Waals surface area contributed by atoms with E-state index in [0.717, 1.165) is 17.7 Å². The normalized spacial score (nSPS) is 9.77. The molecule has 0 saturated carbocycles. The maximum atomic E-state index is 5.28. The molecule has 1 heteroatoms. The van der Waals surface area contributed by atoms with Crippen LogP contribution in [0.4, 0.5) is 0 Å². The van der Waals surface area contributed by atoms with E-state index in [1.54, 1.807) is 7.11 Å². The van der Waals surface area contributed by atoms with Crippen LogP contribution >= 0.6 is 0 Å². The van der Waals surface area contributed by atoms with Crippen molar-refractivity contribution in [1.82, 2.24) is 0 Å². The summed E-state index contributed by atoms with van der Waals surface area (Å²) >= 11 is 0. The molecule has 0 atom stereocenters. The molecule has 0 N–H and O–H groups in total. The van der Waals surface area contributed by atoms with Gasteiger partial charge in [0.05, 0.1) is 7.11 Å². The molecule has 0 heterocycles. The van der Waals surface area contributed by atoms with Crippen LogP contribution in [0.2, 0.25) is 0 Å². The number of aryl methyl sites for hydroxylation is 1. The van der Waals surface area contributed by atoms with Crippen LogP contribution in [0.5, 0.6) is 5.75 Å². The average Bonchev–Trinajstić information content (AvgIpc) is 2.18. The first-order chi connectivity index (χ1) is 6.22. The van der Waals surface area contributed by atoms with E-state index in [-0.39, 0.29) is 0 Å². The molecular weight excluding hydrogens is 160 g/mol. The van der Waals surface area contributed by atoms with Gasteiger partial charge in [-0.1, -0.05) is 25.6 Å². The summed E-state index contributed by atoms with van der Waals surface area (Å²) in [5.74, 6) is 0.953. The van der Waals surface area contributed by atoms with Gasteiger partial charge in [0.1, 0.15) is 5.75 Å². The molecule has 0 spiro atoms. The molecule has 0 aliphatic heterocycles. The van der Waals surface area contributed by atoms with Crippen molar-refractivity contribution in [3.8, 4) is 5.75 Å². The molecule has 0 saturated heterocycles. The molecule has 1 nitrogen and oxygen atoms in total. The first-order valence-corrected chi connectivity index (χ1v) is 4.52. The Morgan fingerprint density at radius 3 is 2.62 bits per heavy atom. The van der Waals surface area contributed by atoms with Crippen LogP contribution in [0.15, 0.2) is 18.7 Å². The summed E-state index contributed by atoms with van der Waals surface area (Å²) in [6.07, 6.45) is 2.88. The third-order valence-electron chi connectivity index (χ3n) is 2.33. The van der Waals surface area contributed by atoms with Gasteiger partial charge in [-0.15, -0.1) is 0 Å². The van der Waals surface area contributed by atoms with Gasteiger partial charge >= 0.3 is 0 Å². The highest BCUT2D eigenvalue weighted by molar-refractivity contribution is 5.55. The fourth-order valence-corrected chi connectivity index (χ4v) is 1.47. The van der Waals surface area contributed by atoms with Gasteiger partial charge in [-0.2, -0.15) is 0 Å². The highest BCUT2D eigenvalue weighted by atomic mass is 16.5. The van der Waals surface area contributed by atoms with Crippen LogP contribution in [0.3, 0.4) is 0 Å². The Morgan fingerprint density at radius 1 is 1.46 bits per heavy atom. The van der Waals surface area contributed by atoms with Gasteiger partial charge in [-0.05, 0) is 36.1 Å². The third-order valence-corrected chi connectivity index (χ3v) is 2.33. The molecule has 0 aromatic heterocycles. The fourth-order valence-electron chi connectivity index (χ4n) is 1.47. The first-order valence-electron chi connectivity index (χ1n) is 4.52. The lowest BCUT2D eigenvalue weighted by Crippen LogP contribution is -1.93. The second-order valence-electron chi connectivity index (χ2n) is 3.06. The smallest absolute Gasteiger partial charge is 0.122 e. The van der Waals surface area contributed by atoms with E-state index < -0.39 is 0 Å². The Bertz CT molecular complexity index is 288. The summed E-state index contributed by atoms with van der Waals surface area (Å²) in [5, 5.41) is 0. The number of hydrogen-bond acceptors (Lipinski definition) is 1. The first kappa shape index (κ1) is 9.85. The van der Waals surface area contributed by atoms with Crippen LogP contribution in [0, 0.1) is 6.92 Å². The second-order valence-corrected chi connectivity index (χ2v) is 3.06. The third kappa shape index (κ3) is 1.92. The van der Waals surface area contributed by atoms with E-state index in [1.165, 1.54) is 11.1 Å². The SMILES string of the molecule is C=Cc1cc(CC)c(C)c(OC)c1. The molecule has 0 aliphatic rings. The van der Waals surface area contributed by atoms with Gasteiger partial charge < -0.3 is 4.74 Å². The molecule has 1 rings (SSSR count). The van der Waals surface area contributed by atoms with Crippen LogP contribution in [0.1, 0.15) is 23.6 Å². The molecule has 1 aromatic carbocycles. The largest absolute Gasteiger partial charge is 0.496 e. The molecule has 70 valence electrons. The van der Waals surface area contributed by atoms with Crippen LogP contribution < -0.4 is 4.74 Å². The lowest BCUT2D eigenvalue weighted by Gasteiger charge is -2.10. The minimum Gasteiger partial charge on any atom is -0.496 e. The Hall–Kier alpha value is -1.24. The summed E-state index contributed by atoms with van der Waals surface area (Å²) in [6, 6.07) is 4.17. The van der Waals surface area contributed by atoms with E-state index >= 15 is 0 Å². The molecular formula is C12H16O. The van der Waals surface area contributed by atoms with E-state index in [1.807, 2.05) is 12.1 Å². The molecule has 0 bridgehead atoms. The Kier molecular flexibility index (Phi) is 3.13. The fraction of sp³-hybridized carbons (Fsp3) is 0.333. The summed E-state index contributed by atoms with van der Waals surface area (Å²) in [5.41, 5.74) is 3.68. The standard InChI is InChI=1S/C12H16O/c1-5-10-7-11(6-2)9(3)12(8-10)13-4/h5,7-8H,1,6H2,2-4H3. The Labute approximate surface area is 80.0 Å². The number of benzene rings is 1. The van der Waals surface area contributed by atoms with Crippen molar-refractivity contribution in [3.63, 3.8) is 0 Å². The highest BCUT2D eigenvalue weighted by Gasteiger charge is 2.04. The molecule has 0 fully saturated rings. The Balaban J connectivity index is 3.28. The van der Waals surface area contributed by atoms with Crippen molar-refractivity contribution >= 4 is 6.08 Å². The summed E-state index contributed by atoms with van der Waals surface area (Å²) in [6.45, 7) is 7.99. The maximum Gasteiger partial charge on any atom is 0.122 e. The van der Waals surface area contributed by atoms with E-state index in [2.05, 4.69) is 26.5 Å². The van der Waals surface area contributed by atoms with Gasteiger partial charge in [-0.3, -0.25) is 0 Å². The maximum absolute atomic E-state index is 5.28. The summed E-state index contributed by atoms with van der Waals surface area (Å²) in [4.78, 5) is 0. The average molecular weight is 176 g/mol. The predicted octanol–water partition coefficient (Wildman–Crippen LogP) is 3.21. The second kappa shape index (κ2) is 4.13. The quantitative estimate of drug-likeness (QED) is 0.687. The van der Waals surface area contributed by atoms with Crippen molar-refractivity contribution in [2.24, 2.45) is 0 Å². The van der Waals surface area contributed by atoms with E-state index in [9.17, 15) is 0 Å². The zero-order chi connectivity index (χ0) is 9.84. The number of ether oxygens (including phenoxy) is 1. The molecule has 0 unspecified atom stereocenters. The minimum absolute atomic E-state index is 0.953. The summed E-state index contributed by atoms with van der Waals surface area (Å²) < 4.78 is 5.28. The molecule has 13 heavy (non-hydrogen) atoms. The summed E-state index contributed by atoms with van der Waals surface area (Å²) in [7, 11) is 1.70. The van der Waals surface area contributed by atoms with Gasteiger partial charge in [0.25, 0.3) is 0 Å². The van der Waals surface area contributed by atoms with Crippen molar-refractivity contribution in [2.75, 3.05) is 7.11 Å². The van der Waals surface area contributed by atoms with Gasteiger partial charge in [0.2, 0.25) is 0 Å². The van der Waals surface area contributed by atoms with Crippen molar-refractivity contribution in [1.29, 1.82) is 0 Å². The molecule has 0 radical (unpaired) electrons. The number of hydrogen-bond donors (Lipinski definition) is 0. The zero-order valence-corrected chi connectivity index (χ0v) is 8.55. The van der Waals surface area contributed by atoms with E-state index in [4.69, 9.17) is 4.74 Å². The monoisotopic (exact) mass is 176 g/mol. The van der Waals surface area contributed by atoms with E-state index in [0.29, 0.717) is 0 Å². The van der Waals surface area contributed by atoms with Crippen molar-refractivity contribution < 1.29 is 4.74 Å². The molecule has 0 amide bonds. The topological polar surface area (TPSA) is 9.23 Å². The lowest BCUT2D eigenvalue weighted by molar-refractivity contribution is 0.411. The van der Waals surface area contributed by atoms with Crippen LogP contribution in [0.25, 0.3) is 6.08 Å². The van der Waals surface area contributed by atoms with Gasteiger partial charge in [0.15, 0.2) is 0 Å². The van der Waals surface area contributed by atoms with Gasteiger partial charge in [-0.25, -0.2) is 0 Å². The van der Waals surface area contributed by atoms with Crippen molar-refractivity contribution in [3.05, 3.63) is 35.4 Å². The minimum atomic E-state index is 0.953. The molecule has 1 aromatic rings. The Morgan fingerprint density at radius 2 is 2.15 bits per heavy atom. The highest BCUT2D eigenvalue weighted by Crippen LogP contribution is 2.24. The van der Waals surface area contributed by atoms with Crippen molar-refractivity contribution in [2.45, 2.75) is 20.3 Å². The molecule has 0 aliphatic carbocycles. The number of rotatable bonds is 3. The predicted molar refractivity (Wildman–Crippen MR) is 57.2 cm³/mol. The van der Waals surface area contributed by atoms with Crippen LogP contribution in [-0.2, 0) is 6.42 Å². The van der Waals surface area contributed by atoms with Gasteiger partial charge in [0, 0.05) is 0 Å². The van der Waals surface area contributed by atoms with Crippen LogP contribution in [-0.4, -0.2) is 7.11 Å².